The smallest absolute Gasteiger partial charge is 0.310 e. The van der Waals surface area contributed by atoms with Crippen molar-refractivity contribution in [2.45, 2.75) is 18.4 Å². The van der Waals surface area contributed by atoms with Gasteiger partial charge in [0.05, 0.1) is 0 Å². The van der Waals surface area contributed by atoms with Crippen molar-refractivity contribution in [2.75, 3.05) is 0 Å². The third kappa shape index (κ3) is 3.44. The number of aryl methyl sites for hydroxylation is 1. The largest absolute Gasteiger partial charge is 0.325 e. The lowest BCUT2D eigenvalue weighted by atomic mass is 10.2. The Balaban J connectivity index is 2.29. The third-order valence-corrected chi connectivity index (χ3v) is 4.28. The molecule has 112 valence electrons. The molecule has 1 aromatic heterocycles. The second kappa shape index (κ2) is 5.62. The molecular formula is C12H12FN3O4S. The van der Waals surface area contributed by atoms with Crippen molar-refractivity contribution < 1.29 is 12.8 Å². The summed E-state index contributed by atoms with van der Waals surface area (Å²) in [7, 11) is -4.10. The predicted octanol–water partition coefficient (Wildman–Crippen LogP) is -0.0108. The van der Waals surface area contributed by atoms with E-state index in [2.05, 4.69) is 9.71 Å². The molecule has 1 heterocycles. The maximum atomic E-state index is 12.8. The Bertz CT molecular complexity index is 869. The first-order valence-electron chi connectivity index (χ1n) is 5.87. The molecule has 2 aromatic rings. The minimum atomic E-state index is -4.10. The average molecular weight is 313 g/mol. The molecule has 0 saturated heterocycles. The molecule has 1 aromatic carbocycles. The molecule has 0 aliphatic carbocycles. The van der Waals surface area contributed by atoms with Gasteiger partial charge in [-0.2, -0.15) is 0 Å². The first-order valence-corrected chi connectivity index (χ1v) is 7.35. The van der Waals surface area contributed by atoms with Gasteiger partial charge in [-0.05, 0) is 24.6 Å². The Morgan fingerprint density at radius 2 is 1.76 bits per heavy atom. The molecule has 21 heavy (non-hydrogen) atoms. The average Bonchev–Trinajstić information content (AvgIpc) is 2.36. The number of benzene rings is 1. The second-order valence-corrected chi connectivity index (χ2v) is 6.02. The van der Waals surface area contributed by atoms with E-state index in [0.29, 0.717) is 5.56 Å². The van der Waals surface area contributed by atoms with E-state index in [1.165, 1.54) is 31.2 Å². The zero-order valence-corrected chi connectivity index (χ0v) is 11.8. The van der Waals surface area contributed by atoms with Crippen LogP contribution in [0.25, 0.3) is 0 Å². The molecule has 0 fully saturated rings. The molecule has 0 spiro atoms. The monoisotopic (exact) mass is 313 g/mol. The van der Waals surface area contributed by atoms with Crippen molar-refractivity contribution in [3.05, 3.63) is 62.2 Å². The number of sulfonamides is 1. The van der Waals surface area contributed by atoms with Crippen molar-refractivity contribution in [3.63, 3.8) is 0 Å². The number of rotatable bonds is 4. The zero-order valence-electron chi connectivity index (χ0n) is 10.9. The van der Waals surface area contributed by atoms with Gasteiger partial charge in [0.15, 0.2) is 4.90 Å². The summed E-state index contributed by atoms with van der Waals surface area (Å²) in [5, 5.41) is 0. The number of H-pyrrole nitrogens is 2. The summed E-state index contributed by atoms with van der Waals surface area (Å²) in [5.74, 6) is -0.436. The fourth-order valence-corrected chi connectivity index (χ4v) is 3.02. The number of halogens is 1. The van der Waals surface area contributed by atoms with Crippen molar-refractivity contribution in [1.29, 1.82) is 0 Å². The number of aromatic amines is 2. The van der Waals surface area contributed by atoms with E-state index in [-0.39, 0.29) is 12.2 Å². The highest BCUT2D eigenvalue weighted by atomic mass is 32.2. The van der Waals surface area contributed by atoms with Crippen LogP contribution >= 0.6 is 0 Å². The fourth-order valence-electron chi connectivity index (χ4n) is 1.76. The van der Waals surface area contributed by atoms with Crippen LogP contribution in [0, 0.1) is 12.7 Å². The Morgan fingerprint density at radius 3 is 2.33 bits per heavy atom. The van der Waals surface area contributed by atoms with Crippen LogP contribution in [0.1, 0.15) is 11.3 Å². The van der Waals surface area contributed by atoms with Crippen LogP contribution in [0.5, 0.6) is 0 Å². The molecule has 9 heteroatoms. The van der Waals surface area contributed by atoms with Crippen molar-refractivity contribution in [1.82, 2.24) is 14.7 Å². The number of hydrogen-bond acceptors (Lipinski definition) is 4. The summed E-state index contributed by atoms with van der Waals surface area (Å²) < 4.78 is 39.2. The number of hydrogen-bond donors (Lipinski definition) is 3. The molecule has 2 rings (SSSR count). The summed E-state index contributed by atoms with van der Waals surface area (Å²) in [4.78, 5) is 26.2. The van der Waals surface area contributed by atoms with Crippen LogP contribution in [0.3, 0.4) is 0 Å². The van der Waals surface area contributed by atoms with E-state index in [9.17, 15) is 22.4 Å². The van der Waals surface area contributed by atoms with Crippen molar-refractivity contribution in [3.8, 4) is 0 Å². The topological polar surface area (TPSA) is 112 Å². The number of aromatic nitrogens is 2. The maximum absolute atomic E-state index is 12.8. The van der Waals surface area contributed by atoms with E-state index >= 15 is 0 Å². The first-order chi connectivity index (χ1) is 9.79. The Kier molecular flexibility index (Phi) is 4.05. The molecule has 0 aliphatic rings. The van der Waals surface area contributed by atoms with Gasteiger partial charge < -0.3 is 4.98 Å². The first kappa shape index (κ1) is 15.1. The van der Waals surface area contributed by atoms with Gasteiger partial charge in [-0.1, -0.05) is 12.1 Å². The summed E-state index contributed by atoms with van der Waals surface area (Å²) in [6.45, 7) is 1.20. The van der Waals surface area contributed by atoms with E-state index in [0.717, 1.165) is 0 Å². The molecule has 0 radical (unpaired) electrons. The molecule has 0 bridgehead atoms. The molecule has 0 atom stereocenters. The molecular weight excluding hydrogens is 301 g/mol. The minimum absolute atomic E-state index is 0.0599. The van der Waals surface area contributed by atoms with Gasteiger partial charge in [0.2, 0.25) is 10.0 Å². The van der Waals surface area contributed by atoms with Crippen molar-refractivity contribution >= 4 is 10.0 Å². The highest BCUT2D eigenvalue weighted by Gasteiger charge is 2.21. The zero-order chi connectivity index (χ0) is 15.6. The summed E-state index contributed by atoms with van der Waals surface area (Å²) in [5.41, 5.74) is -1.31. The highest BCUT2D eigenvalue weighted by molar-refractivity contribution is 7.89. The number of nitrogens with one attached hydrogen (secondary N) is 3. The lowest BCUT2D eigenvalue weighted by molar-refractivity contribution is 0.577. The van der Waals surface area contributed by atoms with Crippen LogP contribution in [0.2, 0.25) is 0 Å². The van der Waals surface area contributed by atoms with Gasteiger partial charge in [0.1, 0.15) is 5.82 Å². The lowest BCUT2D eigenvalue weighted by Gasteiger charge is -2.08. The molecule has 0 amide bonds. The summed E-state index contributed by atoms with van der Waals surface area (Å²) in [6.07, 6.45) is 0. The van der Waals surface area contributed by atoms with Gasteiger partial charge in [0.25, 0.3) is 5.56 Å². The highest BCUT2D eigenvalue weighted by Crippen LogP contribution is 2.07. The summed E-state index contributed by atoms with van der Waals surface area (Å²) >= 11 is 0. The quantitative estimate of drug-likeness (QED) is 0.737. The van der Waals surface area contributed by atoms with Gasteiger partial charge in [-0.15, -0.1) is 0 Å². The lowest BCUT2D eigenvalue weighted by Crippen LogP contribution is -2.34. The minimum Gasteiger partial charge on any atom is -0.310 e. The van der Waals surface area contributed by atoms with Crippen LogP contribution in [0.15, 0.2) is 38.8 Å². The SMILES string of the molecule is Cc1[nH]c(=O)[nH]c(=O)c1S(=O)(=O)NCc1ccc(F)cc1. The van der Waals surface area contributed by atoms with E-state index in [1.54, 1.807) is 0 Å². The van der Waals surface area contributed by atoms with E-state index in [1.807, 2.05) is 4.98 Å². The normalized spacial score (nSPS) is 11.5. The molecule has 0 unspecified atom stereocenters. The van der Waals surface area contributed by atoms with E-state index in [4.69, 9.17) is 0 Å². The Labute approximate surface area is 118 Å². The standard InChI is InChI=1S/C12H12FN3O4S/c1-7-10(11(17)16-12(18)15-7)21(19,20)14-6-8-2-4-9(13)5-3-8/h2-5,14H,6H2,1H3,(H2,15,16,17,18). The van der Waals surface area contributed by atoms with Gasteiger partial charge in [-0.25, -0.2) is 22.3 Å². The van der Waals surface area contributed by atoms with Gasteiger partial charge in [-0.3, -0.25) is 9.78 Å². The molecule has 3 N–H and O–H groups in total. The second-order valence-electron chi connectivity index (χ2n) is 4.31. The molecule has 7 nitrogen and oxygen atoms in total. The third-order valence-electron chi connectivity index (χ3n) is 2.72. The molecule has 0 aliphatic heterocycles. The molecule has 0 saturated carbocycles. The van der Waals surface area contributed by atoms with Crippen molar-refractivity contribution in [2.24, 2.45) is 0 Å². The van der Waals surface area contributed by atoms with E-state index < -0.39 is 32.0 Å². The fraction of sp³-hybridized carbons (Fsp3) is 0.167. The Morgan fingerprint density at radius 1 is 1.14 bits per heavy atom. The van der Waals surface area contributed by atoms with Gasteiger partial charge >= 0.3 is 5.69 Å². The van der Waals surface area contributed by atoms with Crippen LogP contribution < -0.4 is 16.0 Å². The van der Waals surface area contributed by atoms with Gasteiger partial charge in [0, 0.05) is 12.2 Å². The predicted molar refractivity (Wildman–Crippen MR) is 72.8 cm³/mol. The summed E-state index contributed by atoms with van der Waals surface area (Å²) in [6, 6.07) is 5.23. The Hall–Kier alpha value is -2.26. The maximum Gasteiger partial charge on any atom is 0.325 e. The van der Waals surface area contributed by atoms with Crippen LogP contribution in [0.4, 0.5) is 4.39 Å². The van der Waals surface area contributed by atoms with Crippen LogP contribution in [-0.4, -0.2) is 18.4 Å². The van der Waals surface area contributed by atoms with Crippen LogP contribution in [-0.2, 0) is 16.6 Å².